The van der Waals surface area contributed by atoms with E-state index in [1.807, 2.05) is 6.20 Å². The van der Waals surface area contributed by atoms with E-state index in [9.17, 15) is 0 Å². The minimum Gasteiger partial charge on any atom is -0.370 e. The van der Waals surface area contributed by atoms with Crippen molar-refractivity contribution < 1.29 is 0 Å². The van der Waals surface area contributed by atoms with Gasteiger partial charge in [0.1, 0.15) is 0 Å². The average molecular weight is 283 g/mol. The smallest absolute Gasteiger partial charge is 0.0751 e. The number of anilines is 1. The first-order valence-electron chi connectivity index (χ1n) is 8.11. The maximum Gasteiger partial charge on any atom is 0.0751 e. The Kier molecular flexibility index (Phi) is 4.39. The molecule has 3 rings (SSSR count). The summed E-state index contributed by atoms with van der Waals surface area (Å²) < 4.78 is 0. The van der Waals surface area contributed by atoms with Crippen LogP contribution < -0.4 is 4.90 Å². The zero-order valence-electron chi connectivity index (χ0n) is 13.2. The van der Waals surface area contributed by atoms with E-state index < -0.39 is 0 Å². The minimum atomic E-state index is 1.12. The summed E-state index contributed by atoms with van der Waals surface area (Å²) in [4.78, 5) is 9.70. The number of nitrogens with zero attached hydrogens (tertiary/aromatic N) is 3. The largest absolute Gasteiger partial charge is 0.370 e. The molecule has 3 nitrogen and oxygen atoms in total. The molecular formula is C18H25N3. The molecule has 0 saturated carbocycles. The number of hydrogen-bond donors (Lipinski definition) is 0. The van der Waals surface area contributed by atoms with Crippen LogP contribution in [0.4, 0.5) is 5.69 Å². The quantitative estimate of drug-likeness (QED) is 0.860. The molecule has 1 aliphatic heterocycles. The van der Waals surface area contributed by atoms with Gasteiger partial charge in [0.2, 0.25) is 0 Å². The van der Waals surface area contributed by atoms with Crippen molar-refractivity contribution >= 4 is 16.6 Å². The van der Waals surface area contributed by atoms with Crippen molar-refractivity contribution in [1.82, 2.24) is 9.88 Å². The number of rotatable bonds is 3. The number of fused-ring (bicyclic) bond motifs is 1. The van der Waals surface area contributed by atoms with Gasteiger partial charge in [0, 0.05) is 36.9 Å². The third-order valence-corrected chi connectivity index (χ3v) is 4.42. The fourth-order valence-corrected chi connectivity index (χ4v) is 3.34. The highest BCUT2D eigenvalue weighted by Gasteiger charge is 2.16. The van der Waals surface area contributed by atoms with Crippen LogP contribution in [0.3, 0.4) is 0 Å². The highest BCUT2D eigenvalue weighted by molar-refractivity contribution is 5.93. The lowest BCUT2D eigenvalue weighted by Crippen LogP contribution is -2.31. The van der Waals surface area contributed by atoms with Gasteiger partial charge in [0.05, 0.1) is 5.52 Å². The lowest BCUT2D eigenvalue weighted by molar-refractivity contribution is 0.294. The fraction of sp³-hybridized carbons (Fsp3) is 0.500. The maximum atomic E-state index is 4.57. The lowest BCUT2D eigenvalue weighted by Gasteiger charge is -2.25. The molecule has 0 radical (unpaired) electrons. The Morgan fingerprint density at radius 1 is 1.10 bits per heavy atom. The molecular weight excluding hydrogens is 258 g/mol. The molecule has 1 saturated heterocycles. The van der Waals surface area contributed by atoms with Gasteiger partial charge in [0.15, 0.2) is 0 Å². The molecule has 0 bridgehead atoms. The first kappa shape index (κ1) is 14.3. The molecule has 0 atom stereocenters. The summed E-state index contributed by atoms with van der Waals surface area (Å²) in [6, 6.07) is 8.67. The van der Waals surface area contributed by atoms with Crippen molar-refractivity contribution in [2.45, 2.75) is 26.7 Å². The first-order valence-corrected chi connectivity index (χ1v) is 8.11. The van der Waals surface area contributed by atoms with Gasteiger partial charge in [-0.3, -0.25) is 4.98 Å². The average Bonchev–Trinajstić information content (AvgIpc) is 2.73. The van der Waals surface area contributed by atoms with E-state index in [0.717, 1.165) is 18.6 Å². The van der Waals surface area contributed by atoms with Crippen LogP contribution in [0.1, 0.15) is 25.3 Å². The highest BCUT2D eigenvalue weighted by Crippen LogP contribution is 2.27. The van der Waals surface area contributed by atoms with E-state index in [1.54, 1.807) is 0 Å². The Hall–Kier alpha value is -1.61. The second-order valence-electron chi connectivity index (χ2n) is 5.98. The van der Waals surface area contributed by atoms with Crippen LogP contribution in [-0.2, 0) is 0 Å². The van der Waals surface area contributed by atoms with E-state index in [2.05, 4.69) is 52.9 Å². The third kappa shape index (κ3) is 3.03. The van der Waals surface area contributed by atoms with E-state index >= 15 is 0 Å². The summed E-state index contributed by atoms with van der Waals surface area (Å²) in [7, 11) is 0. The van der Waals surface area contributed by atoms with Crippen molar-refractivity contribution in [2.75, 3.05) is 37.6 Å². The Morgan fingerprint density at radius 3 is 2.86 bits per heavy atom. The fourth-order valence-electron chi connectivity index (χ4n) is 3.34. The number of aromatic nitrogens is 1. The Labute approximate surface area is 127 Å². The van der Waals surface area contributed by atoms with Crippen LogP contribution in [0.25, 0.3) is 10.9 Å². The molecule has 21 heavy (non-hydrogen) atoms. The van der Waals surface area contributed by atoms with Crippen LogP contribution in [-0.4, -0.2) is 42.6 Å². The van der Waals surface area contributed by atoms with Crippen molar-refractivity contribution in [3.8, 4) is 0 Å². The van der Waals surface area contributed by atoms with Gasteiger partial charge in [-0.15, -0.1) is 0 Å². The van der Waals surface area contributed by atoms with Gasteiger partial charge in [-0.25, -0.2) is 0 Å². The molecule has 1 fully saturated rings. The molecule has 0 amide bonds. The van der Waals surface area contributed by atoms with Crippen molar-refractivity contribution in [3.05, 3.63) is 36.0 Å². The molecule has 0 N–H and O–H groups in total. The summed E-state index contributed by atoms with van der Waals surface area (Å²) >= 11 is 0. The summed E-state index contributed by atoms with van der Waals surface area (Å²) in [6.45, 7) is 10.3. The molecule has 1 aromatic carbocycles. The Bertz CT molecular complexity index is 608. The normalized spacial score (nSPS) is 17.1. The van der Waals surface area contributed by atoms with Gasteiger partial charge in [-0.1, -0.05) is 25.1 Å². The summed E-state index contributed by atoms with van der Waals surface area (Å²) in [5.41, 5.74) is 3.75. The van der Waals surface area contributed by atoms with E-state index in [-0.39, 0.29) is 0 Å². The summed E-state index contributed by atoms with van der Waals surface area (Å²) in [5.74, 6) is 0. The second-order valence-corrected chi connectivity index (χ2v) is 5.98. The SMILES string of the molecule is CCCN1CCCN(c2ccnc3c(C)cccc23)CC1. The van der Waals surface area contributed by atoms with Gasteiger partial charge in [0.25, 0.3) is 0 Å². The monoisotopic (exact) mass is 283 g/mol. The Morgan fingerprint density at radius 2 is 2.00 bits per heavy atom. The van der Waals surface area contributed by atoms with Gasteiger partial charge < -0.3 is 9.80 Å². The topological polar surface area (TPSA) is 19.4 Å². The molecule has 112 valence electrons. The van der Waals surface area contributed by atoms with Crippen LogP contribution in [0.2, 0.25) is 0 Å². The van der Waals surface area contributed by atoms with Crippen LogP contribution in [0.5, 0.6) is 0 Å². The molecule has 3 heteroatoms. The minimum absolute atomic E-state index is 1.12. The lowest BCUT2D eigenvalue weighted by atomic mass is 10.1. The van der Waals surface area contributed by atoms with Crippen molar-refractivity contribution in [3.63, 3.8) is 0 Å². The van der Waals surface area contributed by atoms with Crippen LogP contribution in [0, 0.1) is 6.92 Å². The van der Waals surface area contributed by atoms with E-state index in [1.165, 1.54) is 49.1 Å². The molecule has 0 aliphatic carbocycles. The predicted molar refractivity (Wildman–Crippen MR) is 90.0 cm³/mol. The maximum absolute atomic E-state index is 4.57. The zero-order chi connectivity index (χ0) is 14.7. The van der Waals surface area contributed by atoms with Crippen molar-refractivity contribution in [1.29, 1.82) is 0 Å². The number of benzene rings is 1. The summed E-state index contributed by atoms with van der Waals surface area (Å²) in [5, 5.41) is 1.29. The molecule has 2 aromatic rings. The second kappa shape index (κ2) is 6.44. The number of aryl methyl sites for hydroxylation is 1. The third-order valence-electron chi connectivity index (χ3n) is 4.42. The van der Waals surface area contributed by atoms with E-state index in [4.69, 9.17) is 0 Å². The Balaban J connectivity index is 1.88. The van der Waals surface area contributed by atoms with E-state index in [0.29, 0.717) is 0 Å². The van der Waals surface area contributed by atoms with Crippen LogP contribution in [0.15, 0.2) is 30.5 Å². The molecule has 2 heterocycles. The first-order chi connectivity index (χ1) is 10.3. The summed E-state index contributed by atoms with van der Waals surface area (Å²) in [6.07, 6.45) is 4.45. The molecule has 1 aliphatic rings. The van der Waals surface area contributed by atoms with Crippen molar-refractivity contribution in [2.24, 2.45) is 0 Å². The predicted octanol–water partition coefficient (Wildman–Crippen LogP) is 3.47. The number of pyridine rings is 1. The zero-order valence-corrected chi connectivity index (χ0v) is 13.2. The number of para-hydroxylation sites is 1. The highest BCUT2D eigenvalue weighted by atomic mass is 15.2. The van der Waals surface area contributed by atoms with Crippen LogP contribution >= 0.6 is 0 Å². The van der Waals surface area contributed by atoms with Gasteiger partial charge in [-0.2, -0.15) is 0 Å². The van der Waals surface area contributed by atoms with Gasteiger partial charge in [-0.05, 0) is 44.5 Å². The number of hydrogen-bond acceptors (Lipinski definition) is 3. The molecule has 0 unspecified atom stereocenters. The molecule has 1 aromatic heterocycles. The standard InChI is InChI=1S/C18H25N3/c1-3-10-20-11-5-12-21(14-13-20)17-8-9-19-18-15(2)6-4-7-16(17)18/h4,6-9H,3,5,10-14H2,1-2H3. The molecule has 0 spiro atoms. The van der Waals surface area contributed by atoms with Gasteiger partial charge >= 0.3 is 0 Å².